The fourth-order valence-electron chi connectivity index (χ4n) is 1.48. The predicted molar refractivity (Wildman–Crippen MR) is 65.9 cm³/mol. The molecule has 0 bridgehead atoms. The van der Waals surface area contributed by atoms with Crippen molar-refractivity contribution in [2.24, 2.45) is 0 Å². The number of nitrogen functional groups attached to an aromatic ring is 1. The Balaban J connectivity index is 1.84. The second kappa shape index (κ2) is 4.22. The van der Waals surface area contributed by atoms with Gasteiger partial charge in [0, 0.05) is 0 Å². The van der Waals surface area contributed by atoms with E-state index in [4.69, 9.17) is 10.3 Å². The van der Waals surface area contributed by atoms with Crippen LogP contribution in [0.25, 0.3) is 10.7 Å². The van der Waals surface area contributed by atoms with Gasteiger partial charge in [0.2, 0.25) is 11.7 Å². The molecule has 0 aliphatic heterocycles. The second-order valence-electron chi connectivity index (χ2n) is 3.71. The highest BCUT2D eigenvalue weighted by Gasteiger charge is 2.12. The summed E-state index contributed by atoms with van der Waals surface area (Å²) in [5, 5.41) is 13.6. The van der Waals surface area contributed by atoms with E-state index in [2.05, 4.69) is 20.5 Å². The highest BCUT2D eigenvalue weighted by atomic mass is 32.1. The van der Waals surface area contributed by atoms with Crippen LogP contribution in [0.15, 0.2) is 22.0 Å². The van der Waals surface area contributed by atoms with Gasteiger partial charge in [0.1, 0.15) is 6.54 Å². The number of aromatic nitrogens is 5. The van der Waals surface area contributed by atoms with Crippen molar-refractivity contribution in [3.8, 4) is 10.7 Å². The molecule has 0 radical (unpaired) electrons. The Morgan fingerprint density at radius 1 is 1.50 bits per heavy atom. The Bertz CT molecular complexity index is 656. The number of hydrogen-bond acceptors (Lipinski definition) is 7. The normalized spacial score (nSPS) is 10.9. The predicted octanol–water partition coefficient (Wildman–Crippen LogP) is 1.33. The van der Waals surface area contributed by atoms with Crippen LogP contribution in [0.5, 0.6) is 0 Å². The minimum Gasteiger partial charge on any atom is -0.381 e. The Labute approximate surface area is 106 Å². The molecule has 2 N–H and O–H groups in total. The summed E-state index contributed by atoms with van der Waals surface area (Å²) in [6, 6.07) is 3.89. The lowest BCUT2D eigenvalue weighted by atomic mass is 10.4. The zero-order valence-corrected chi connectivity index (χ0v) is 10.4. The van der Waals surface area contributed by atoms with Crippen LogP contribution in [-0.2, 0) is 6.54 Å². The molecule has 3 aromatic rings. The average molecular weight is 262 g/mol. The van der Waals surface area contributed by atoms with Gasteiger partial charge in [-0.2, -0.15) is 4.98 Å². The zero-order valence-electron chi connectivity index (χ0n) is 9.57. The summed E-state index contributed by atoms with van der Waals surface area (Å²) in [6.07, 6.45) is 0. The number of rotatable bonds is 3. The molecule has 3 aromatic heterocycles. The van der Waals surface area contributed by atoms with E-state index in [9.17, 15) is 0 Å². The molecule has 0 saturated carbocycles. The Hall–Kier alpha value is -2.22. The first-order chi connectivity index (χ1) is 8.74. The van der Waals surface area contributed by atoms with Crippen molar-refractivity contribution >= 4 is 17.2 Å². The molecular formula is C10H10N6OS. The molecule has 0 saturated heterocycles. The van der Waals surface area contributed by atoms with Gasteiger partial charge in [0.15, 0.2) is 5.82 Å². The van der Waals surface area contributed by atoms with Crippen LogP contribution < -0.4 is 5.73 Å². The minimum absolute atomic E-state index is 0.369. The zero-order chi connectivity index (χ0) is 12.5. The van der Waals surface area contributed by atoms with Gasteiger partial charge in [-0.3, -0.25) is 0 Å². The van der Waals surface area contributed by atoms with E-state index in [0.717, 1.165) is 10.6 Å². The second-order valence-corrected chi connectivity index (χ2v) is 4.65. The maximum atomic E-state index is 5.62. The molecule has 3 heterocycles. The number of nitrogens with two attached hydrogens (primary N) is 1. The van der Waals surface area contributed by atoms with Gasteiger partial charge in [0.25, 0.3) is 0 Å². The number of thiophene rings is 1. The molecule has 7 nitrogen and oxygen atoms in total. The number of nitrogens with zero attached hydrogens (tertiary/aromatic N) is 5. The van der Waals surface area contributed by atoms with Crippen molar-refractivity contribution in [1.29, 1.82) is 0 Å². The van der Waals surface area contributed by atoms with Crippen LogP contribution in [0.3, 0.4) is 0 Å². The van der Waals surface area contributed by atoms with Gasteiger partial charge < -0.3 is 10.3 Å². The van der Waals surface area contributed by atoms with E-state index in [1.165, 1.54) is 0 Å². The van der Waals surface area contributed by atoms with E-state index in [1.54, 1.807) is 16.0 Å². The first-order valence-electron chi connectivity index (χ1n) is 5.26. The van der Waals surface area contributed by atoms with Gasteiger partial charge in [-0.1, -0.05) is 16.4 Å². The number of hydrogen-bond donors (Lipinski definition) is 1. The van der Waals surface area contributed by atoms with Crippen molar-refractivity contribution < 1.29 is 4.52 Å². The van der Waals surface area contributed by atoms with Crippen molar-refractivity contribution in [3.05, 3.63) is 29.1 Å². The van der Waals surface area contributed by atoms with Crippen molar-refractivity contribution in [2.75, 3.05) is 5.73 Å². The van der Waals surface area contributed by atoms with Crippen LogP contribution in [0.4, 0.5) is 5.82 Å². The standard InChI is InChI=1S/C10H10N6OS/c1-6-9(11)13-15-16(6)5-8-12-10(14-17-8)7-3-2-4-18-7/h2-4H,5,11H2,1H3. The lowest BCUT2D eigenvalue weighted by molar-refractivity contribution is 0.363. The highest BCUT2D eigenvalue weighted by Crippen LogP contribution is 2.21. The fourth-order valence-corrected chi connectivity index (χ4v) is 2.13. The maximum absolute atomic E-state index is 5.62. The third kappa shape index (κ3) is 1.86. The summed E-state index contributed by atoms with van der Waals surface area (Å²) in [5.74, 6) is 1.48. The molecule has 0 spiro atoms. The summed E-state index contributed by atoms with van der Waals surface area (Å²) in [6.45, 7) is 2.21. The molecule has 0 amide bonds. The Morgan fingerprint density at radius 2 is 2.39 bits per heavy atom. The van der Waals surface area contributed by atoms with Gasteiger partial charge >= 0.3 is 0 Å². The molecule has 0 aliphatic carbocycles. The third-order valence-electron chi connectivity index (χ3n) is 2.51. The van der Waals surface area contributed by atoms with Crippen LogP contribution in [0.1, 0.15) is 11.6 Å². The molecule has 0 unspecified atom stereocenters. The van der Waals surface area contributed by atoms with E-state index in [0.29, 0.717) is 24.1 Å². The van der Waals surface area contributed by atoms with Crippen LogP contribution >= 0.6 is 11.3 Å². The van der Waals surface area contributed by atoms with Crippen LogP contribution in [0, 0.1) is 6.92 Å². The van der Waals surface area contributed by atoms with Crippen LogP contribution in [-0.4, -0.2) is 25.1 Å². The molecule has 0 fully saturated rings. The molecule has 92 valence electrons. The molecule has 0 aromatic carbocycles. The van der Waals surface area contributed by atoms with Gasteiger partial charge in [-0.05, 0) is 18.4 Å². The molecule has 8 heteroatoms. The monoisotopic (exact) mass is 262 g/mol. The van der Waals surface area contributed by atoms with Gasteiger partial charge in [-0.15, -0.1) is 16.4 Å². The molecule has 18 heavy (non-hydrogen) atoms. The van der Waals surface area contributed by atoms with Crippen molar-refractivity contribution in [3.63, 3.8) is 0 Å². The molecule has 0 aliphatic rings. The van der Waals surface area contributed by atoms with E-state index < -0.39 is 0 Å². The number of anilines is 1. The first-order valence-corrected chi connectivity index (χ1v) is 6.14. The smallest absolute Gasteiger partial charge is 0.248 e. The molecule has 3 rings (SSSR count). The van der Waals surface area contributed by atoms with Crippen molar-refractivity contribution in [1.82, 2.24) is 25.1 Å². The third-order valence-corrected chi connectivity index (χ3v) is 3.38. The summed E-state index contributed by atoms with van der Waals surface area (Å²) in [7, 11) is 0. The lowest BCUT2D eigenvalue weighted by Crippen LogP contribution is -2.04. The summed E-state index contributed by atoms with van der Waals surface area (Å²) in [4.78, 5) is 5.27. The summed E-state index contributed by atoms with van der Waals surface area (Å²) >= 11 is 1.56. The summed E-state index contributed by atoms with van der Waals surface area (Å²) in [5.41, 5.74) is 6.40. The van der Waals surface area contributed by atoms with Crippen molar-refractivity contribution in [2.45, 2.75) is 13.5 Å². The topological polar surface area (TPSA) is 95.7 Å². The van der Waals surface area contributed by atoms with E-state index >= 15 is 0 Å². The average Bonchev–Trinajstić information content (AvgIpc) is 3.06. The SMILES string of the molecule is Cc1c(N)nnn1Cc1nc(-c2cccs2)no1. The minimum atomic E-state index is 0.369. The van der Waals surface area contributed by atoms with E-state index in [1.807, 2.05) is 24.4 Å². The van der Waals surface area contributed by atoms with Gasteiger partial charge in [-0.25, -0.2) is 4.68 Å². The highest BCUT2D eigenvalue weighted by molar-refractivity contribution is 7.13. The fraction of sp³-hybridized carbons (Fsp3) is 0.200. The van der Waals surface area contributed by atoms with Gasteiger partial charge in [0.05, 0.1) is 10.6 Å². The van der Waals surface area contributed by atoms with E-state index in [-0.39, 0.29) is 0 Å². The van der Waals surface area contributed by atoms with Crippen LogP contribution in [0.2, 0.25) is 0 Å². The molecule has 0 atom stereocenters. The lowest BCUT2D eigenvalue weighted by Gasteiger charge is -1.97. The maximum Gasteiger partial charge on any atom is 0.248 e. The largest absolute Gasteiger partial charge is 0.381 e. The Kier molecular flexibility index (Phi) is 2.56. The summed E-state index contributed by atoms with van der Waals surface area (Å²) < 4.78 is 6.80. The Morgan fingerprint density at radius 3 is 3.06 bits per heavy atom. The quantitative estimate of drug-likeness (QED) is 0.765. The molecular weight excluding hydrogens is 252 g/mol. The first kappa shape index (κ1) is 10.9.